The molecule has 0 aliphatic rings. The van der Waals surface area contributed by atoms with Gasteiger partial charge in [0.05, 0.1) is 0 Å². The highest BCUT2D eigenvalue weighted by molar-refractivity contribution is 6.31. The smallest absolute Gasteiger partial charge is 0.123 e. The number of hydrogen-bond acceptors (Lipinski definition) is 2. The molecule has 1 aromatic rings. The predicted molar refractivity (Wildman–Crippen MR) is 81.6 cm³/mol. The van der Waals surface area contributed by atoms with Gasteiger partial charge in [0.2, 0.25) is 0 Å². The molecule has 0 radical (unpaired) electrons. The van der Waals surface area contributed by atoms with Gasteiger partial charge in [0.25, 0.3) is 0 Å². The summed E-state index contributed by atoms with van der Waals surface area (Å²) >= 11 is 6.15. The maximum absolute atomic E-state index is 6.15. The van der Waals surface area contributed by atoms with Crippen molar-refractivity contribution in [1.29, 1.82) is 0 Å². The molecular formula is C14H23Cl2NO. The van der Waals surface area contributed by atoms with Crippen molar-refractivity contribution >= 4 is 24.0 Å². The zero-order valence-corrected chi connectivity index (χ0v) is 13.1. The van der Waals surface area contributed by atoms with E-state index in [1.165, 1.54) is 5.56 Å². The third-order valence-corrected chi connectivity index (χ3v) is 3.11. The fourth-order valence-corrected chi connectivity index (χ4v) is 1.83. The monoisotopic (exact) mass is 291 g/mol. The molecule has 0 saturated carbocycles. The lowest BCUT2D eigenvalue weighted by molar-refractivity contribution is 0.311. The van der Waals surface area contributed by atoms with Crippen molar-refractivity contribution in [2.75, 3.05) is 19.7 Å². The Hall–Kier alpha value is -0.440. The van der Waals surface area contributed by atoms with E-state index < -0.39 is 0 Å². The maximum atomic E-state index is 6.15. The van der Waals surface area contributed by atoms with Crippen LogP contribution in [0, 0.1) is 6.92 Å². The van der Waals surface area contributed by atoms with Crippen LogP contribution in [0.25, 0.3) is 0 Å². The molecule has 0 unspecified atom stereocenters. The highest BCUT2D eigenvalue weighted by atomic mass is 35.5. The molecule has 18 heavy (non-hydrogen) atoms. The zero-order chi connectivity index (χ0) is 12.8. The first-order valence-corrected chi connectivity index (χ1v) is 6.57. The number of halogens is 2. The van der Waals surface area contributed by atoms with Gasteiger partial charge in [-0.15, -0.1) is 12.4 Å². The topological polar surface area (TPSA) is 21.3 Å². The van der Waals surface area contributed by atoms with Gasteiger partial charge in [-0.05, 0) is 42.6 Å². The Bertz CT molecular complexity index is 367. The van der Waals surface area contributed by atoms with E-state index in [1.54, 1.807) is 0 Å². The normalized spacial score (nSPS) is 10.3. The van der Waals surface area contributed by atoms with Gasteiger partial charge < -0.3 is 10.1 Å². The van der Waals surface area contributed by atoms with Crippen LogP contribution in [0.5, 0.6) is 5.75 Å². The number of nitrogens with one attached hydrogen (secondary N) is 1. The van der Waals surface area contributed by atoms with Crippen LogP contribution in [0.15, 0.2) is 12.1 Å². The molecule has 0 spiro atoms. The molecule has 0 heterocycles. The number of benzene rings is 1. The molecule has 0 fully saturated rings. The average molecular weight is 292 g/mol. The van der Waals surface area contributed by atoms with Crippen LogP contribution in [0.1, 0.15) is 37.8 Å². The van der Waals surface area contributed by atoms with Gasteiger partial charge in [0.15, 0.2) is 0 Å². The van der Waals surface area contributed by atoms with Crippen molar-refractivity contribution in [3.05, 3.63) is 28.3 Å². The van der Waals surface area contributed by atoms with Gasteiger partial charge in [-0.25, -0.2) is 0 Å². The van der Waals surface area contributed by atoms with Gasteiger partial charge in [0, 0.05) is 11.6 Å². The van der Waals surface area contributed by atoms with E-state index in [2.05, 4.69) is 26.1 Å². The fourth-order valence-electron chi connectivity index (χ4n) is 1.66. The van der Waals surface area contributed by atoms with Gasteiger partial charge in [-0.3, -0.25) is 0 Å². The Morgan fingerprint density at radius 1 is 1.33 bits per heavy atom. The van der Waals surface area contributed by atoms with Crippen LogP contribution < -0.4 is 10.1 Å². The van der Waals surface area contributed by atoms with Crippen LogP contribution in [0.4, 0.5) is 0 Å². The highest BCUT2D eigenvalue weighted by Crippen LogP contribution is 2.31. The van der Waals surface area contributed by atoms with Gasteiger partial charge in [0.1, 0.15) is 12.4 Å². The second-order valence-electron chi connectivity index (χ2n) is 4.50. The van der Waals surface area contributed by atoms with E-state index >= 15 is 0 Å². The van der Waals surface area contributed by atoms with Gasteiger partial charge in [-0.1, -0.05) is 32.4 Å². The first-order valence-electron chi connectivity index (χ1n) is 6.19. The molecule has 0 atom stereocenters. The Morgan fingerprint density at radius 2 is 2.00 bits per heavy atom. The number of likely N-dealkylation sites (N-methyl/N-ethyl adjacent to an activating group) is 1. The number of aryl methyl sites for hydroxylation is 1. The highest BCUT2D eigenvalue weighted by Gasteiger charge is 2.10. The molecule has 1 aromatic carbocycles. The summed E-state index contributed by atoms with van der Waals surface area (Å²) in [4.78, 5) is 0. The van der Waals surface area contributed by atoms with Crippen LogP contribution in [0.2, 0.25) is 5.02 Å². The number of ether oxygens (including phenoxy) is 1. The molecule has 0 aliphatic carbocycles. The molecule has 104 valence electrons. The van der Waals surface area contributed by atoms with E-state index in [-0.39, 0.29) is 12.4 Å². The number of hydrogen-bond donors (Lipinski definition) is 1. The van der Waals surface area contributed by atoms with Crippen molar-refractivity contribution in [1.82, 2.24) is 5.32 Å². The summed E-state index contributed by atoms with van der Waals surface area (Å²) in [5.41, 5.74) is 2.24. The van der Waals surface area contributed by atoms with E-state index in [4.69, 9.17) is 16.3 Å². The van der Waals surface area contributed by atoms with E-state index in [9.17, 15) is 0 Å². The predicted octanol–water partition coefficient (Wildman–Crippen LogP) is 4.18. The summed E-state index contributed by atoms with van der Waals surface area (Å²) in [6, 6.07) is 4.05. The Morgan fingerprint density at radius 3 is 2.56 bits per heavy atom. The quantitative estimate of drug-likeness (QED) is 0.794. The summed E-state index contributed by atoms with van der Waals surface area (Å²) in [6.07, 6.45) is 0. The SMILES string of the molecule is CCNCCOc1cc(C)c(Cl)cc1C(C)C.Cl. The zero-order valence-electron chi connectivity index (χ0n) is 11.5. The standard InChI is InChI=1S/C14H22ClNO.ClH/c1-5-16-6-7-17-14-8-11(4)13(15)9-12(14)10(2)3;/h8-10,16H,5-7H2,1-4H3;1H. The summed E-state index contributed by atoms with van der Waals surface area (Å²) in [7, 11) is 0. The van der Waals surface area contributed by atoms with E-state index in [0.29, 0.717) is 12.5 Å². The van der Waals surface area contributed by atoms with E-state index in [1.807, 2.05) is 19.1 Å². The van der Waals surface area contributed by atoms with E-state index in [0.717, 1.165) is 29.4 Å². The fraction of sp³-hybridized carbons (Fsp3) is 0.571. The van der Waals surface area contributed by atoms with Gasteiger partial charge >= 0.3 is 0 Å². The van der Waals surface area contributed by atoms with Crippen molar-refractivity contribution in [3.8, 4) is 5.75 Å². The first-order chi connectivity index (χ1) is 8.06. The maximum Gasteiger partial charge on any atom is 0.123 e. The lowest BCUT2D eigenvalue weighted by Gasteiger charge is -2.16. The van der Waals surface area contributed by atoms with Crippen LogP contribution in [-0.2, 0) is 0 Å². The molecule has 0 aliphatic heterocycles. The minimum atomic E-state index is 0. The Balaban J connectivity index is 0.00000289. The van der Waals surface area contributed by atoms with Crippen LogP contribution in [0.3, 0.4) is 0 Å². The summed E-state index contributed by atoms with van der Waals surface area (Å²) in [6.45, 7) is 10.9. The Kier molecular flexibility index (Phi) is 8.41. The lowest BCUT2D eigenvalue weighted by atomic mass is 10.0. The number of rotatable bonds is 6. The minimum Gasteiger partial charge on any atom is -0.492 e. The lowest BCUT2D eigenvalue weighted by Crippen LogP contribution is -2.20. The molecule has 1 N–H and O–H groups in total. The molecule has 2 nitrogen and oxygen atoms in total. The van der Waals surface area contributed by atoms with Crippen molar-refractivity contribution in [2.45, 2.75) is 33.6 Å². The molecular weight excluding hydrogens is 269 g/mol. The molecule has 0 bridgehead atoms. The van der Waals surface area contributed by atoms with Crippen molar-refractivity contribution in [2.24, 2.45) is 0 Å². The van der Waals surface area contributed by atoms with Crippen LogP contribution >= 0.6 is 24.0 Å². The molecule has 0 saturated heterocycles. The van der Waals surface area contributed by atoms with Crippen molar-refractivity contribution in [3.63, 3.8) is 0 Å². The minimum absolute atomic E-state index is 0. The third-order valence-electron chi connectivity index (χ3n) is 2.70. The van der Waals surface area contributed by atoms with Crippen LogP contribution in [-0.4, -0.2) is 19.7 Å². The molecule has 0 amide bonds. The second-order valence-corrected chi connectivity index (χ2v) is 4.90. The summed E-state index contributed by atoms with van der Waals surface area (Å²) in [5.74, 6) is 1.38. The molecule has 1 rings (SSSR count). The average Bonchev–Trinajstić information content (AvgIpc) is 2.28. The second kappa shape index (κ2) is 8.63. The Labute approximate surface area is 121 Å². The largest absolute Gasteiger partial charge is 0.492 e. The van der Waals surface area contributed by atoms with Gasteiger partial charge in [-0.2, -0.15) is 0 Å². The molecule has 4 heteroatoms. The molecule has 0 aromatic heterocycles. The third kappa shape index (κ3) is 5.05. The van der Waals surface area contributed by atoms with Crippen molar-refractivity contribution < 1.29 is 4.74 Å². The summed E-state index contributed by atoms with van der Waals surface area (Å²) < 4.78 is 5.82. The first kappa shape index (κ1) is 17.6. The summed E-state index contributed by atoms with van der Waals surface area (Å²) in [5, 5.41) is 4.05.